The number of hydrogen-bond acceptors (Lipinski definition) is 17. The molecule has 0 amide bonds. The first-order valence-electron chi connectivity index (χ1n) is 37.2. The molecular formula is C87H115BrCl2F5N13O9. The maximum atomic E-state index is 12.0. The second kappa shape index (κ2) is 64.7. The lowest BCUT2D eigenvalue weighted by atomic mass is 10.1. The van der Waals surface area contributed by atoms with Crippen LogP contribution in [0.5, 0.6) is 17.2 Å². The van der Waals surface area contributed by atoms with Gasteiger partial charge < -0.3 is 57.1 Å². The van der Waals surface area contributed by atoms with Crippen molar-refractivity contribution in [3.63, 3.8) is 0 Å². The number of nitrogens with zero attached hydrogens (tertiary/aromatic N) is 5. The molecular weight excluding hydrogens is 1610 g/mol. The van der Waals surface area contributed by atoms with Gasteiger partial charge in [0.25, 0.3) is 19.4 Å². The Morgan fingerprint density at radius 2 is 0.692 bits per heavy atom. The Morgan fingerprint density at radius 1 is 0.376 bits per heavy atom. The summed E-state index contributed by atoms with van der Waals surface area (Å²) in [5, 5.41) is 1.13. The van der Waals surface area contributed by atoms with Gasteiger partial charge in [-0.1, -0.05) is 173 Å². The molecule has 3 atom stereocenters. The zero-order valence-corrected chi connectivity index (χ0v) is 71.0. The summed E-state index contributed by atoms with van der Waals surface area (Å²) in [5.74, 6) is 4.56. The Morgan fingerprint density at radius 3 is 1.05 bits per heavy atom. The number of hydrogen-bond donors (Lipinski definition) is 8. The summed E-state index contributed by atoms with van der Waals surface area (Å²) in [5.41, 5.74) is 57.8. The fourth-order valence-corrected chi connectivity index (χ4v) is 10.4. The van der Waals surface area contributed by atoms with E-state index in [0.717, 1.165) is 66.5 Å². The molecule has 0 fully saturated rings. The first kappa shape index (κ1) is 105. The number of carbonyl (C=O) groups is 3. The fraction of sp³-hybridized carbons (Fsp3) is 0.356. The molecule has 30 heteroatoms. The number of aliphatic imine (C=N–C) groups is 5. The summed E-state index contributed by atoms with van der Waals surface area (Å²) in [6.45, 7) is 16.7. The molecule has 0 aromatic heterocycles. The van der Waals surface area contributed by atoms with Crippen molar-refractivity contribution in [2.45, 2.75) is 152 Å². The van der Waals surface area contributed by atoms with Crippen LogP contribution in [0.25, 0.3) is 0 Å². The van der Waals surface area contributed by atoms with E-state index in [-0.39, 0.29) is 33.2 Å². The van der Waals surface area contributed by atoms with E-state index >= 15 is 0 Å². The van der Waals surface area contributed by atoms with Gasteiger partial charge in [0.05, 0.1) is 84.7 Å². The number of aryl methyl sites for hydroxylation is 5. The van der Waals surface area contributed by atoms with Crippen molar-refractivity contribution in [3.05, 3.63) is 263 Å². The van der Waals surface area contributed by atoms with Crippen molar-refractivity contribution >= 4 is 87.7 Å². The van der Waals surface area contributed by atoms with Gasteiger partial charge in [0, 0.05) is 24.3 Å². The van der Waals surface area contributed by atoms with Gasteiger partial charge in [-0.25, -0.2) is 13.2 Å². The van der Waals surface area contributed by atoms with Crippen LogP contribution in [0.1, 0.15) is 120 Å². The van der Waals surface area contributed by atoms with Crippen molar-refractivity contribution in [1.82, 2.24) is 0 Å². The molecule has 8 aromatic carbocycles. The van der Waals surface area contributed by atoms with E-state index in [2.05, 4.69) is 61.2 Å². The van der Waals surface area contributed by atoms with Crippen molar-refractivity contribution in [1.29, 1.82) is 0 Å². The van der Waals surface area contributed by atoms with E-state index in [1.807, 2.05) is 160 Å². The third-order valence-electron chi connectivity index (χ3n) is 15.1. The Bertz CT molecular complexity index is 3880. The number of halogens is 8. The summed E-state index contributed by atoms with van der Waals surface area (Å²) in [7, 11) is 0. The summed E-state index contributed by atoms with van der Waals surface area (Å²) in [4.78, 5) is 50.4. The highest BCUT2D eigenvalue weighted by Crippen LogP contribution is 2.28. The zero-order chi connectivity index (χ0) is 87.1. The number of amidine groups is 5. The number of rotatable bonds is 37. The number of carbonyl (C=O) groups excluding carboxylic acids is 3. The molecule has 8 aromatic rings. The van der Waals surface area contributed by atoms with Crippen LogP contribution in [0.3, 0.4) is 0 Å². The van der Waals surface area contributed by atoms with Gasteiger partial charge in [0.1, 0.15) is 57.1 Å². The average Bonchev–Trinajstić information content (AvgIpc) is 0.879. The lowest BCUT2D eigenvalue weighted by Crippen LogP contribution is -2.25. The van der Waals surface area contributed by atoms with Crippen LogP contribution in [0.15, 0.2) is 205 Å². The molecule has 0 heterocycles. The third kappa shape index (κ3) is 54.1. The highest BCUT2D eigenvalue weighted by Gasteiger charge is 2.09. The quantitative estimate of drug-likeness (QED) is 0.00448. The minimum Gasteiger partial charge on any atom is -0.491 e. The molecule has 0 spiro atoms. The summed E-state index contributed by atoms with van der Waals surface area (Å²) < 4.78 is 89.6. The van der Waals surface area contributed by atoms with E-state index in [0.29, 0.717) is 147 Å². The van der Waals surface area contributed by atoms with Crippen LogP contribution in [0, 0.1) is 20.8 Å². The standard InChI is InChI=1S/C12H16ClFN2.C12H17FN2.C11H14BrFN2O.C11H14ClFN2O.C11H15FN2O.3C10H13NO2/c1-9(15)16-8-10-4-5-11(3-2-6-14)12(13)7-10;1-10(14)15-9-12-5-2-4-11(8-12)6-3-7-13;2*1-8(14)15-7-9-2-3-11(10(12)6-9)16-5-4-13;1-9(13)14-8-10-2-4-11(5-3-10)15-7-6-12;3*1-8-2-4-9(5-3-8)6-10(11)13-7-12/h4-5,7H,2-3,6,8H2,1H3,(H2,15,16);2,4-5,8H,3,6-7,9H2,1H3,(H2,14,15);2*2-3,6H,4-5,7H2,1H3,(H2,14,15);2-5H,6-8H2,1H3,(H2,13,14);3*2-5,7,10H,6,11H2,1H3/t;;;;;3*10-/m.....000/s1/i14-1;3*13-1;12-1;;;. The van der Waals surface area contributed by atoms with Gasteiger partial charge >= 0.3 is 0 Å². The van der Waals surface area contributed by atoms with Crippen molar-refractivity contribution in [2.24, 2.45) is 70.8 Å². The molecule has 0 aliphatic rings. The predicted octanol–water partition coefficient (Wildman–Crippen LogP) is 15.7. The maximum Gasteiger partial charge on any atom is 0.294 e. The van der Waals surface area contributed by atoms with Crippen molar-refractivity contribution < 1.29 is 64.8 Å². The van der Waals surface area contributed by atoms with Crippen molar-refractivity contribution in [2.75, 3.05) is 53.2 Å². The minimum atomic E-state index is -0.541. The van der Waals surface area contributed by atoms with Gasteiger partial charge in [-0.3, -0.25) is 65.3 Å². The maximum absolute atomic E-state index is 12.0. The highest BCUT2D eigenvalue weighted by atomic mass is 79.9. The third-order valence-corrected chi connectivity index (χ3v) is 16.4. The molecule has 0 radical (unpaired) electrons. The molecule has 22 nitrogen and oxygen atoms in total. The SMILES string of the molecule is CC(N)=NCc1ccc(CCC[18F])c(Cl)c1.CC(N)=NCc1ccc(OCC[18F])c(Br)c1.CC(N)=NCc1ccc(OCC[18F])c(Cl)c1.CC(N)=NCc1ccc(OCC[18F])cc1.CC(N)=NCc1cccc(CCC[18F])c1.Cc1ccc(C[C@@H](N)OC=O)cc1.Cc1ccc(C[C@@H](N)OC=O)cc1.Cc1ccc(C[C@@H](N)OC=O)cc1. The van der Waals surface area contributed by atoms with Crippen molar-refractivity contribution in [3.8, 4) is 17.2 Å². The minimum absolute atomic E-state index is 0.0130. The highest BCUT2D eigenvalue weighted by molar-refractivity contribution is 9.10. The first-order chi connectivity index (χ1) is 56.0. The molecule has 0 aliphatic carbocycles. The largest absolute Gasteiger partial charge is 0.491 e. The number of alkyl halides is 5. The molecule has 0 saturated carbocycles. The number of ether oxygens (including phenoxy) is 6. The molecule has 0 unspecified atom stereocenters. The van der Waals surface area contributed by atoms with E-state index in [1.54, 1.807) is 65.0 Å². The Labute approximate surface area is 704 Å². The summed E-state index contributed by atoms with van der Waals surface area (Å²) in [6.07, 6.45) is 2.60. The lowest BCUT2D eigenvalue weighted by Gasteiger charge is -2.08. The van der Waals surface area contributed by atoms with Crippen LogP contribution in [-0.2, 0) is 93.4 Å². The van der Waals surface area contributed by atoms with Gasteiger partial charge in [0.2, 0.25) is 0 Å². The van der Waals surface area contributed by atoms with Crippen LogP contribution in [-0.4, -0.2) is 120 Å². The van der Waals surface area contributed by atoms with Gasteiger partial charge in [-0.05, 0) is 195 Å². The Hall–Kier alpha value is -10.5. The number of benzene rings is 8. The van der Waals surface area contributed by atoms with Crippen LogP contribution in [0.2, 0.25) is 10.0 Å². The second-order valence-corrected chi connectivity index (χ2v) is 27.5. The van der Waals surface area contributed by atoms with E-state index < -0.39 is 38.7 Å². The van der Waals surface area contributed by atoms with Gasteiger partial charge in [-0.15, -0.1) is 0 Å². The first-order valence-corrected chi connectivity index (χ1v) is 38.8. The lowest BCUT2D eigenvalue weighted by molar-refractivity contribution is -0.134. The van der Waals surface area contributed by atoms with E-state index in [1.165, 1.54) is 16.7 Å². The summed E-state index contributed by atoms with van der Waals surface area (Å²) in [6, 6.07) is 55.9. The smallest absolute Gasteiger partial charge is 0.294 e. The van der Waals surface area contributed by atoms with Gasteiger partial charge in [0.15, 0.2) is 18.7 Å². The van der Waals surface area contributed by atoms with E-state index in [4.69, 9.17) is 83.3 Å². The van der Waals surface area contributed by atoms with Gasteiger partial charge in [-0.2, -0.15) is 0 Å². The van der Waals surface area contributed by atoms with Crippen LogP contribution >= 0.6 is 39.1 Å². The normalized spacial score (nSPS) is 11.8. The monoisotopic (exact) mass is 1720 g/mol. The van der Waals surface area contributed by atoms with Crippen LogP contribution in [0.4, 0.5) is 22.0 Å². The molecule has 0 bridgehead atoms. The fourth-order valence-electron chi connectivity index (χ4n) is 9.28. The molecule has 16 N–H and O–H groups in total. The average molecular weight is 1730 g/mol. The molecule has 0 saturated heterocycles. The van der Waals surface area contributed by atoms with E-state index in [9.17, 15) is 36.3 Å². The Balaban J connectivity index is 0.000000669. The van der Waals surface area contributed by atoms with Crippen LogP contribution < -0.4 is 60.1 Å². The molecule has 8 rings (SSSR count). The molecule has 638 valence electrons. The number of nitrogens with two attached hydrogens (primary N) is 8. The Kier molecular flexibility index (Phi) is 57.8. The molecule has 0 aliphatic heterocycles. The topological polar surface area (TPSA) is 377 Å². The second-order valence-electron chi connectivity index (χ2n) is 25.8. The predicted molar refractivity (Wildman–Crippen MR) is 468 cm³/mol. The zero-order valence-electron chi connectivity index (χ0n) is 67.9. The summed E-state index contributed by atoms with van der Waals surface area (Å²) >= 11 is 15.4. The molecule has 117 heavy (non-hydrogen) atoms.